The van der Waals surface area contributed by atoms with Crippen LogP contribution in [0.4, 0.5) is 0 Å². The van der Waals surface area contributed by atoms with Crippen molar-refractivity contribution in [1.82, 2.24) is 0 Å². The molecule has 0 saturated heterocycles. The molecule has 0 saturated carbocycles. The average Bonchev–Trinajstić information content (AvgIpc) is 2.33. The standard InChI is InChI=1S/C15H15N/c1-12-7-9-13(10-8-12)11-15(16)14-5-3-2-4-6-14/h2-11H,16H2,1H3/b15-11+. The van der Waals surface area contributed by atoms with Gasteiger partial charge in [0.25, 0.3) is 0 Å². The monoisotopic (exact) mass is 209 g/mol. The lowest BCUT2D eigenvalue weighted by Crippen LogP contribution is -1.95. The normalized spacial score (nSPS) is 11.4. The van der Waals surface area contributed by atoms with E-state index in [0.29, 0.717) is 0 Å². The van der Waals surface area contributed by atoms with Crippen molar-refractivity contribution in [1.29, 1.82) is 0 Å². The van der Waals surface area contributed by atoms with Crippen LogP contribution in [0, 0.1) is 6.92 Å². The van der Waals surface area contributed by atoms with Gasteiger partial charge in [-0.25, -0.2) is 0 Å². The highest BCUT2D eigenvalue weighted by Gasteiger charge is 1.95. The molecule has 0 atom stereocenters. The molecule has 2 rings (SSSR count). The van der Waals surface area contributed by atoms with Crippen molar-refractivity contribution in [2.45, 2.75) is 6.92 Å². The highest BCUT2D eigenvalue weighted by molar-refractivity contribution is 5.79. The highest BCUT2D eigenvalue weighted by atomic mass is 14.6. The Morgan fingerprint density at radius 1 is 0.938 bits per heavy atom. The van der Waals surface area contributed by atoms with Crippen LogP contribution in [0.2, 0.25) is 0 Å². The summed E-state index contributed by atoms with van der Waals surface area (Å²) in [6.45, 7) is 2.08. The molecule has 0 unspecified atom stereocenters. The zero-order valence-corrected chi connectivity index (χ0v) is 9.35. The second kappa shape index (κ2) is 4.67. The van der Waals surface area contributed by atoms with Gasteiger partial charge in [-0.15, -0.1) is 0 Å². The number of aryl methyl sites for hydroxylation is 1. The van der Waals surface area contributed by atoms with Crippen molar-refractivity contribution < 1.29 is 0 Å². The molecule has 16 heavy (non-hydrogen) atoms. The van der Waals surface area contributed by atoms with E-state index >= 15 is 0 Å². The number of hydrogen-bond acceptors (Lipinski definition) is 1. The van der Waals surface area contributed by atoms with E-state index in [-0.39, 0.29) is 0 Å². The summed E-state index contributed by atoms with van der Waals surface area (Å²) in [5, 5.41) is 0. The Bertz CT molecular complexity index is 481. The molecule has 2 aromatic rings. The van der Waals surface area contributed by atoms with Gasteiger partial charge >= 0.3 is 0 Å². The predicted molar refractivity (Wildman–Crippen MR) is 69.7 cm³/mol. The van der Waals surface area contributed by atoms with Gasteiger partial charge in [-0.1, -0.05) is 60.2 Å². The maximum absolute atomic E-state index is 6.03. The summed E-state index contributed by atoms with van der Waals surface area (Å²) in [6.07, 6.45) is 1.99. The van der Waals surface area contributed by atoms with Crippen LogP contribution in [0.15, 0.2) is 54.6 Å². The first-order chi connectivity index (χ1) is 7.75. The minimum atomic E-state index is 0.796. The predicted octanol–water partition coefficient (Wildman–Crippen LogP) is 3.45. The maximum Gasteiger partial charge on any atom is 0.0393 e. The smallest absolute Gasteiger partial charge is 0.0393 e. The molecule has 1 heteroatoms. The Kier molecular flexibility index (Phi) is 3.06. The van der Waals surface area contributed by atoms with E-state index in [2.05, 4.69) is 31.2 Å². The van der Waals surface area contributed by atoms with Gasteiger partial charge in [0, 0.05) is 5.70 Å². The Morgan fingerprint density at radius 3 is 2.19 bits per heavy atom. The molecule has 80 valence electrons. The molecule has 0 heterocycles. The van der Waals surface area contributed by atoms with Crippen molar-refractivity contribution in [3.05, 3.63) is 71.3 Å². The third-order valence-corrected chi connectivity index (χ3v) is 2.51. The van der Waals surface area contributed by atoms with E-state index in [9.17, 15) is 0 Å². The fraction of sp³-hybridized carbons (Fsp3) is 0.0667. The van der Waals surface area contributed by atoms with Crippen LogP contribution in [-0.2, 0) is 0 Å². The van der Waals surface area contributed by atoms with Gasteiger partial charge in [0.2, 0.25) is 0 Å². The number of hydrogen-bond donors (Lipinski definition) is 1. The van der Waals surface area contributed by atoms with Crippen LogP contribution in [-0.4, -0.2) is 0 Å². The van der Waals surface area contributed by atoms with Crippen LogP contribution < -0.4 is 5.73 Å². The van der Waals surface area contributed by atoms with Gasteiger partial charge in [-0.05, 0) is 24.1 Å². The molecule has 0 amide bonds. The Labute approximate surface area is 96.2 Å². The first kappa shape index (κ1) is 10.5. The SMILES string of the molecule is Cc1ccc(/C=C(/N)c2ccccc2)cc1. The molecular formula is C15H15N. The van der Waals surface area contributed by atoms with E-state index in [0.717, 1.165) is 16.8 Å². The van der Waals surface area contributed by atoms with Crippen molar-refractivity contribution in [2.24, 2.45) is 5.73 Å². The summed E-state index contributed by atoms with van der Waals surface area (Å²) in [5.74, 6) is 0. The Morgan fingerprint density at radius 2 is 1.56 bits per heavy atom. The van der Waals surface area contributed by atoms with Gasteiger partial charge < -0.3 is 5.73 Å². The van der Waals surface area contributed by atoms with E-state index in [1.165, 1.54) is 5.56 Å². The molecule has 0 aromatic heterocycles. The number of nitrogens with two attached hydrogens (primary N) is 1. The lowest BCUT2D eigenvalue weighted by Gasteiger charge is -2.01. The first-order valence-electron chi connectivity index (χ1n) is 5.35. The fourth-order valence-electron chi connectivity index (χ4n) is 1.56. The molecule has 2 N–H and O–H groups in total. The second-order valence-corrected chi connectivity index (χ2v) is 3.88. The molecule has 0 bridgehead atoms. The van der Waals surface area contributed by atoms with Gasteiger partial charge in [0.1, 0.15) is 0 Å². The number of rotatable bonds is 2. The fourth-order valence-corrected chi connectivity index (χ4v) is 1.56. The van der Waals surface area contributed by atoms with Crippen molar-refractivity contribution in [3.8, 4) is 0 Å². The quantitative estimate of drug-likeness (QED) is 0.753. The Balaban J connectivity index is 2.28. The minimum absolute atomic E-state index is 0.796. The third kappa shape index (κ3) is 2.51. The lowest BCUT2D eigenvalue weighted by molar-refractivity contribution is 1.46. The molecule has 0 aliphatic rings. The van der Waals surface area contributed by atoms with E-state index < -0.39 is 0 Å². The first-order valence-corrected chi connectivity index (χ1v) is 5.35. The van der Waals surface area contributed by atoms with E-state index in [1.807, 2.05) is 36.4 Å². The summed E-state index contributed by atoms with van der Waals surface area (Å²) in [5.41, 5.74) is 10.3. The summed E-state index contributed by atoms with van der Waals surface area (Å²) in [7, 11) is 0. The van der Waals surface area contributed by atoms with Crippen LogP contribution in [0.5, 0.6) is 0 Å². The van der Waals surface area contributed by atoms with Crippen molar-refractivity contribution in [3.63, 3.8) is 0 Å². The molecule has 2 aromatic carbocycles. The van der Waals surface area contributed by atoms with Crippen molar-refractivity contribution in [2.75, 3.05) is 0 Å². The van der Waals surface area contributed by atoms with Gasteiger partial charge in [0.15, 0.2) is 0 Å². The van der Waals surface area contributed by atoms with E-state index in [4.69, 9.17) is 5.73 Å². The average molecular weight is 209 g/mol. The van der Waals surface area contributed by atoms with Gasteiger partial charge in [-0.3, -0.25) is 0 Å². The van der Waals surface area contributed by atoms with Crippen LogP contribution >= 0.6 is 0 Å². The maximum atomic E-state index is 6.03. The molecular weight excluding hydrogens is 194 g/mol. The largest absolute Gasteiger partial charge is 0.398 e. The van der Waals surface area contributed by atoms with Gasteiger partial charge in [0.05, 0.1) is 0 Å². The zero-order valence-electron chi connectivity index (χ0n) is 9.35. The van der Waals surface area contributed by atoms with Crippen molar-refractivity contribution >= 4 is 11.8 Å². The van der Waals surface area contributed by atoms with Crippen LogP contribution in [0.25, 0.3) is 11.8 Å². The highest BCUT2D eigenvalue weighted by Crippen LogP contribution is 2.13. The third-order valence-electron chi connectivity index (χ3n) is 2.51. The molecule has 0 aliphatic heterocycles. The van der Waals surface area contributed by atoms with Gasteiger partial charge in [-0.2, -0.15) is 0 Å². The molecule has 0 radical (unpaired) electrons. The summed E-state index contributed by atoms with van der Waals surface area (Å²) < 4.78 is 0. The molecule has 1 nitrogen and oxygen atoms in total. The summed E-state index contributed by atoms with van der Waals surface area (Å²) >= 11 is 0. The molecule has 0 fully saturated rings. The summed E-state index contributed by atoms with van der Waals surface area (Å²) in [4.78, 5) is 0. The Hall–Kier alpha value is -2.02. The summed E-state index contributed by atoms with van der Waals surface area (Å²) in [6, 6.07) is 18.3. The van der Waals surface area contributed by atoms with Crippen LogP contribution in [0.3, 0.4) is 0 Å². The zero-order chi connectivity index (χ0) is 11.4. The topological polar surface area (TPSA) is 26.0 Å². The second-order valence-electron chi connectivity index (χ2n) is 3.88. The minimum Gasteiger partial charge on any atom is -0.398 e. The molecule has 0 spiro atoms. The lowest BCUT2D eigenvalue weighted by atomic mass is 10.1. The van der Waals surface area contributed by atoms with E-state index in [1.54, 1.807) is 0 Å². The van der Waals surface area contributed by atoms with Crippen LogP contribution in [0.1, 0.15) is 16.7 Å². The molecule has 0 aliphatic carbocycles. The number of benzene rings is 2.